The van der Waals surface area contributed by atoms with Crippen molar-refractivity contribution in [2.45, 2.75) is 32.6 Å². The van der Waals surface area contributed by atoms with Gasteiger partial charge in [0.2, 0.25) is 0 Å². The zero-order valence-electron chi connectivity index (χ0n) is 12.9. The predicted octanol–water partition coefficient (Wildman–Crippen LogP) is 3.83. The molecule has 0 spiro atoms. The zero-order chi connectivity index (χ0) is 15.6. The highest BCUT2D eigenvalue weighted by Crippen LogP contribution is 2.26. The lowest BCUT2D eigenvalue weighted by atomic mass is 10.2. The summed E-state index contributed by atoms with van der Waals surface area (Å²) < 4.78 is 27.3. The van der Waals surface area contributed by atoms with Gasteiger partial charge in [-0.25, -0.2) is 8.42 Å². The van der Waals surface area contributed by atoms with Crippen molar-refractivity contribution in [3.63, 3.8) is 0 Å². The second-order valence-corrected chi connectivity index (χ2v) is 7.11. The molecule has 0 atom stereocenters. The smallest absolute Gasteiger partial charge is 0.264 e. The molecule has 0 amide bonds. The monoisotopic (exact) mass is 303 g/mol. The van der Waals surface area contributed by atoms with E-state index in [4.69, 9.17) is 0 Å². The van der Waals surface area contributed by atoms with Crippen LogP contribution in [0.3, 0.4) is 0 Å². The molecule has 3 nitrogen and oxygen atoms in total. The molecule has 2 rings (SSSR count). The van der Waals surface area contributed by atoms with Crippen LogP contribution in [-0.4, -0.2) is 15.0 Å². The fraction of sp³-hybridized carbons (Fsp3) is 0.294. The lowest BCUT2D eigenvalue weighted by Crippen LogP contribution is -2.31. The minimum absolute atomic E-state index is 0.372. The number of rotatable bonds is 4. The standard InChI is InChI=1S/C17H21NO2S/c1-5-18(16-8-6-7-13(2)12-16)21(19,20)17-10-9-14(3)11-15(17)4/h6-12H,5H2,1-4H3. The first-order valence-corrected chi connectivity index (χ1v) is 8.47. The van der Waals surface area contributed by atoms with Crippen LogP contribution in [0.1, 0.15) is 23.6 Å². The predicted molar refractivity (Wildman–Crippen MR) is 87.3 cm³/mol. The first kappa shape index (κ1) is 15.6. The van der Waals surface area contributed by atoms with Crippen LogP contribution in [0.15, 0.2) is 47.4 Å². The molecule has 0 aliphatic carbocycles. The van der Waals surface area contributed by atoms with E-state index in [1.807, 2.05) is 64.1 Å². The Morgan fingerprint density at radius 1 is 0.952 bits per heavy atom. The Morgan fingerprint density at radius 2 is 1.62 bits per heavy atom. The van der Waals surface area contributed by atoms with Gasteiger partial charge in [0.15, 0.2) is 0 Å². The van der Waals surface area contributed by atoms with Gasteiger partial charge in [0.1, 0.15) is 0 Å². The van der Waals surface area contributed by atoms with E-state index < -0.39 is 10.0 Å². The van der Waals surface area contributed by atoms with E-state index in [-0.39, 0.29) is 0 Å². The van der Waals surface area contributed by atoms with E-state index in [0.717, 1.165) is 16.7 Å². The van der Waals surface area contributed by atoms with Crippen LogP contribution in [0.25, 0.3) is 0 Å². The molecule has 0 heterocycles. The van der Waals surface area contributed by atoms with Gasteiger partial charge in [-0.1, -0.05) is 29.8 Å². The average molecular weight is 303 g/mol. The number of aryl methyl sites for hydroxylation is 3. The van der Waals surface area contributed by atoms with Crippen LogP contribution >= 0.6 is 0 Å². The van der Waals surface area contributed by atoms with E-state index in [2.05, 4.69) is 0 Å². The molecule has 0 saturated carbocycles. The lowest BCUT2D eigenvalue weighted by Gasteiger charge is -2.24. The lowest BCUT2D eigenvalue weighted by molar-refractivity contribution is 0.591. The van der Waals surface area contributed by atoms with Crippen LogP contribution in [-0.2, 0) is 10.0 Å². The summed E-state index contributed by atoms with van der Waals surface area (Å²) in [5, 5.41) is 0. The van der Waals surface area contributed by atoms with Gasteiger partial charge in [-0.05, 0) is 57.0 Å². The van der Waals surface area contributed by atoms with Gasteiger partial charge < -0.3 is 0 Å². The van der Waals surface area contributed by atoms with E-state index in [1.165, 1.54) is 4.31 Å². The fourth-order valence-corrected chi connectivity index (χ4v) is 4.16. The number of hydrogen-bond acceptors (Lipinski definition) is 2. The molecule has 0 bridgehead atoms. The van der Waals surface area contributed by atoms with Crippen molar-refractivity contribution in [2.24, 2.45) is 0 Å². The summed E-state index contributed by atoms with van der Waals surface area (Å²) >= 11 is 0. The third-order valence-electron chi connectivity index (χ3n) is 3.48. The summed E-state index contributed by atoms with van der Waals surface area (Å²) in [6.45, 7) is 8.01. The highest BCUT2D eigenvalue weighted by molar-refractivity contribution is 7.92. The maximum Gasteiger partial charge on any atom is 0.264 e. The summed E-state index contributed by atoms with van der Waals surface area (Å²) in [6.07, 6.45) is 0. The molecule has 0 radical (unpaired) electrons. The van der Waals surface area contributed by atoms with Crippen LogP contribution in [0.5, 0.6) is 0 Å². The molecular weight excluding hydrogens is 282 g/mol. The first-order valence-electron chi connectivity index (χ1n) is 7.03. The normalized spacial score (nSPS) is 11.4. The number of hydrogen-bond donors (Lipinski definition) is 0. The highest BCUT2D eigenvalue weighted by Gasteiger charge is 2.25. The summed E-state index contributed by atoms with van der Waals surface area (Å²) in [4.78, 5) is 0.372. The molecule has 0 unspecified atom stereocenters. The Morgan fingerprint density at radius 3 is 2.19 bits per heavy atom. The molecule has 112 valence electrons. The van der Waals surface area contributed by atoms with E-state index >= 15 is 0 Å². The zero-order valence-corrected chi connectivity index (χ0v) is 13.7. The Balaban J connectivity index is 2.54. The third kappa shape index (κ3) is 3.10. The number of nitrogens with zero attached hydrogens (tertiary/aromatic N) is 1. The Hall–Kier alpha value is -1.81. The molecule has 0 aliphatic rings. The van der Waals surface area contributed by atoms with Crippen molar-refractivity contribution in [1.82, 2.24) is 0 Å². The van der Waals surface area contributed by atoms with Gasteiger partial charge in [0, 0.05) is 6.54 Å². The van der Waals surface area contributed by atoms with Crippen molar-refractivity contribution >= 4 is 15.7 Å². The Kier molecular flexibility index (Phi) is 4.37. The van der Waals surface area contributed by atoms with Crippen LogP contribution < -0.4 is 4.31 Å². The van der Waals surface area contributed by atoms with E-state index in [0.29, 0.717) is 17.1 Å². The van der Waals surface area contributed by atoms with Gasteiger partial charge >= 0.3 is 0 Å². The topological polar surface area (TPSA) is 37.4 Å². The minimum atomic E-state index is -3.54. The summed E-state index contributed by atoms with van der Waals surface area (Å²) in [6, 6.07) is 13.0. The van der Waals surface area contributed by atoms with Crippen molar-refractivity contribution in [2.75, 3.05) is 10.8 Å². The number of sulfonamides is 1. The van der Waals surface area contributed by atoms with Crippen LogP contribution in [0.2, 0.25) is 0 Å². The second kappa shape index (κ2) is 5.90. The van der Waals surface area contributed by atoms with E-state index in [9.17, 15) is 8.42 Å². The molecule has 0 aromatic heterocycles. The average Bonchev–Trinajstić information content (AvgIpc) is 2.38. The minimum Gasteiger partial charge on any atom is -0.267 e. The SMILES string of the molecule is CCN(c1cccc(C)c1)S(=O)(=O)c1ccc(C)cc1C. The van der Waals surface area contributed by atoms with Gasteiger partial charge in [-0.15, -0.1) is 0 Å². The van der Waals surface area contributed by atoms with Crippen LogP contribution in [0.4, 0.5) is 5.69 Å². The molecular formula is C17H21NO2S. The molecule has 0 saturated heterocycles. The molecule has 0 N–H and O–H groups in total. The molecule has 2 aromatic rings. The maximum atomic E-state index is 12.9. The van der Waals surface area contributed by atoms with Crippen molar-refractivity contribution in [3.8, 4) is 0 Å². The van der Waals surface area contributed by atoms with Crippen molar-refractivity contribution in [3.05, 3.63) is 59.2 Å². The van der Waals surface area contributed by atoms with Crippen molar-refractivity contribution < 1.29 is 8.42 Å². The van der Waals surface area contributed by atoms with Gasteiger partial charge in [-0.2, -0.15) is 0 Å². The van der Waals surface area contributed by atoms with Gasteiger partial charge in [0.05, 0.1) is 10.6 Å². The fourth-order valence-electron chi connectivity index (χ4n) is 2.48. The summed E-state index contributed by atoms with van der Waals surface area (Å²) in [5.74, 6) is 0. The molecule has 4 heteroatoms. The highest BCUT2D eigenvalue weighted by atomic mass is 32.2. The largest absolute Gasteiger partial charge is 0.267 e. The number of benzene rings is 2. The first-order chi connectivity index (χ1) is 9.86. The second-order valence-electron chi connectivity index (χ2n) is 5.28. The van der Waals surface area contributed by atoms with Gasteiger partial charge in [-0.3, -0.25) is 4.31 Å². The molecule has 0 fully saturated rings. The Bertz CT molecular complexity index is 751. The summed E-state index contributed by atoms with van der Waals surface area (Å²) in [7, 11) is -3.54. The molecule has 0 aliphatic heterocycles. The summed E-state index contributed by atoms with van der Waals surface area (Å²) in [5.41, 5.74) is 3.59. The molecule has 2 aromatic carbocycles. The quantitative estimate of drug-likeness (QED) is 0.861. The van der Waals surface area contributed by atoms with Crippen molar-refractivity contribution in [1.29, 1.82) is 0 Å². The van der Waals surface area contributed by atoms with Gasteiger partial charge in [0.25, 0.3) is 10.0 Å². The van der Waals surface area contributed by atoms with Crippen LogP contribution in [0, 0.1) is 20.8 Å². The maximum absolute atomic E-state index is 12.9. The Labute approximate surface area is 127 Å². The molecule has 21 heavy (non-hydrogen) atoms. The van der Waals surface area contributed by atoms with E-state index in [1.54, 1.807) is 6.07 Å². The number of anilines is 1. The third-order valence-corrected chi connectivity index (χ3v) is 5.54.